The number of hydrogen-bond acceptors (Lipinski definition) is 4. The van der Waals surface area contributed by atoms with Crippen LogP contribution in [0.3, 0.4) is 0 Å². The molecule has 1 N–H and O–H groups in total. The maximum atomic E-state index is 11.8. The lowest BCUT2D eigenvalue weighted by molar-refractivity contribution is -0.274. The van der Waals surface area contributed by atoms with Gasteiger partial charge in [0, 0.05) is 0 Å². The molecular weight excluding hydrogens is 220 g/mol. The molecule has 0 aromatic heterocycles. The molecule has 1 aliphatic heterocycles. The molecule has 1 aliphatic carbocycles. The van der Waals surface area contributed by atoms with E-state index >= 15 is 0 Å². The number of rotatable bonds is 2. The maximum absolute atomic E-state index is 11.8. The molecule has 4 nitrogen and oxygen atoms in total. The van der Waals surface area contributed by atoms with Crippen molar-refractivity contribution in [3.05, 3.63) is 0 Å². The summed E-state index contributed by atoms with van der Waals surface area (Å²) in [6, 6.07) is 0. The van der Waals surface area contributed by atoms with Crippen molar-refractivity contribution >= 4 is 5.78 Å². The van der Waals surface area contributed by atoms with Gasteiger partial charge in [-0.15, -0.1) is 0 Å². The summed E-state index contributed by atoms with van der Waals surface area (Å²) in [5, 5.41) is 10.3. The van der Waals surface area contributed by atoms with E-state index in [1.165, 1.54) is 6.42 Å². The number of aliphatic hydroxyl groups is 1. The summed E-state index contributed by atoms with van der Waals surface area (Å²) in [6.07, 6.45) is 4.13. The van der Waals surface area contributed by atoms with Crippen LogP contribution >= 0.6 is 0 Å². The van der Waals surface area contributed by atoms with E-state index in [2.05, 4.69) is 0 Å². The van der Waals surface area contributed by atoms with Gasteiger partial charge in [-0.2, -0.15) is 0 Å². The Labute approximate surface area is 102 Å². The van der Waals surface area contributed by atoms with Gasteiger partial charge in [-0.1, -0.05) is 19.3 Å². The van der Waals surface area contributed by atoms with E-state index in [-0.39, 0.29) is 18.3 Å². The highest BCUT2D eigenvalue weighted by Gasteiger charge is 2.42. The topological polar surface area (TPSA) is 55.8 Å². The van der Waals surface area contributed by atoms with Gasteiger partial charge in [0.05, 0.1) is 6.10 Å². The Bertz CT molecular complexity index is 281. The van der Waals surface area contributed by atoms with Crippen LogP contribution in [-0.2, 0) is 14.3 Å². The van der Waals surface area contributed by atoms with Crippen LogP contribution in [0.4, 0.5) is 0 Å². The molecule has 0 amide bonds. The molecule has 2 fully saturated rings. The molecule has 0 bridgehead atoms. The number of hydrogen-bond donors (Lipinski definition) is 1. The quantitative estimate of drug-likeness (QED) is 0.800. The molecule has 1 heterocycles. The van der Waals surface area contributed by atoms with Gasteiger partial charge in [0.2, 0.25) is 0 Å². The van der Waals surface area contributed by atoms with Crippen molar-refractivity contribution < 1.29 is 19.4 Å². The molecule has 98 valence electrons. The minimum Gasteiger partial charge on any atom is -0.390 e. The lowest BCUT2D eigenvalue weighted by Crippen LogP contribution is -2.53. The number of aliphatic hydroxyl groups excluding tert-OH is 1. The Morgan fingerprint density at radius 1 is 1.29 bits per heavy atom. The van der Waals surface area contributed by atoms with Crippen LogP contribution in [0.2, 0.25) is 0 Å². The first kappa shape index (κ1) is 13.0. The van der Waals surface area contributed by atoms with Gasteiger partial charge in [0.15, 0.2) is 11.6 Å². The van der Waals surface area contributed by atoms with Gasteiger partial charge in [0.1, 0.15) is 12.7 Å². The Kier molecular flexibility index (Phi) is 3.85. The summed E-state index contributed by atoms with van der Waals surface area (Å²) in [5.41, 5.74) is 0. The lowest BCUT2D eigenvalue weighted by atomic mass is 9.82. The van der Waals surface area contributed by atoms with Crippen molar-refractivity contribution in [2.24, 2.45) is 5.92 Å². The summed E-state index contributed by atoms with van der Waals surface area (Å²) >= 11 is 0. The molecule has 1 saturated heterocycles. The van der Waals surface area contributed by atoms with E-state index in [4.69, 9.17) is 9.47 Å². The average Bonchev–Trinajstić information content (AvgIpc) is 2.33. The van der Waals surface area contributed by atoms with Crippen LogP contribution in [-0.4, -0.2) is 35.5 Å². The zero-order chi connectivity index (χ0) is 12.5. The number of Topliss-reactive ketones (excluding diaryl/α,β-unsaturated/α-hetero) is 1. The molecule has 17 heavy (non-hydrogen) atoms. The third-order valence-corrected chi connectivity index (χ3v) is 3.73. The molecule has 4 heteroatoms. The molecular formula is C13H22O4. The van der Waals surface area contributed by atoms with Gasteiger partial charge in [-0.3, -0.25) is 4.79 Å². The lowest BCUT2D eigenvalue weighted by Gasteiger charge is -2.39. The molecule has 2 rings (SSSR count). The van der Waals surface area contributed by atoms with Crippen molar-refractivity contribution in [1.82, 2.24) is 0 Å². The summed E-state index contributed by atoms with van der Waals surface area (Å²) < 4.78 is 10.8. The highest BCUT2D eigenvalue weighted by Crippen LogP contribution is 2.31. The fourth-order valence-corrected chi connectivity index (χ4v) is 2.72. The minimum atomic E-state index is -0.770. The van der Waals surface area contributed by atoms with E-state index in [1.54, 1.807) is 13.8 Å². The largest absolute Gasteiger partial charge is 0.390 e. The zero-order valence-corrected chi connectivity index (χ0v) is 10.6. The van der Waals surface area contributed by atoms with Crippen molar-refractivity contribution in [2.75, 3.05) is 6.61 Å². The predicted octanol–water partition coefficient (Wildman–Crippen LogP) is 1.65. The first-order chi connectivity index (χ1) is 7.99. The Morgan fingerprint density at radius 2 is 1.94 bits per heavy atom. The Hall–Kier alpha value is -0.450. The van der Waals surface area contributed by atoms with E-state index in [0.717, 1.165) is 25.7 Å². The smallest absolute Gasteiger partial charge is 0.190 e. The van der Waals surface area contributed by atoms with Crippen LogP contribution < -0.4 is 0 Å². The van der Waals surface area contributed by atoms with Gasteiger partial charge in [-0.05, 0) is 32.6 Å². The predicted molar refractivity (Wildman–Crippen MR) is 62.5 cm³/mol. The standard InChI is InChI=1S/C13H22O4/c1-13(2)16-8-10(14)12(17-13)11(15)9-6-4-3-5-7-9/h9,11-12,15H,3-8H2,1-2H3/t11-,12+/m0/s1. The first-order valence-corrected chi connectivity index (χ1v) is 6.52. The number of ketones is 1. The normalized spacial score (nSPS) is 32.4. The third-order valence-electron chi connectivity index (χ3n) is 3.73. The second kappa shape index (κ2) is 5.04. The van der Waals surface area contributed by atoms with Crippen LogP contribution in [0.5, 0.6) is 0 Å². The molecule has 0 aromatic carbocycles. The molecule has 0 radical (unpaired) electrons. The van der Waals surface area contributed by atoms with E-state index < -0.39 is 18.0 Å². The maximum Gasteiger partial charge on any atom is 0.190 e. The van der Waals surface area contributed by atoms with E-state index in [0.29, 0.717) is 0 Å². The van der Waals surface area contributed by atoms with Crippen LogP contribution in [0.15, 0.2) is 0 Å². The van der Waals surface area contributed by atoms with Crippen molar-refractivity contribution in [3.8, 4) is 0 Å². The molecule has 2 aliphatic rings. The van der Waals surface area contributed by atoms with Crippen molar-refractivity contribution in [3.63, 3.8) is 0 Å². The van der Waals surface area contributed by atoms with Gasteiger partial charge in [-0.25, -0.2) is 0 Å². The fraction of sp³-hybridized carbons (Fsp3) is 0.923. The number of carbonyl (C=O) groups excluding carboxylic acids is 1. The van der Waals surface area contributed by atoms with Gasteiger partial charge >= 0.3 is 0 Å². The van der Waals surface area contributed by atoms with Crippen LogP contribution in [0, 0.1) is 5.92 Å². The average molecular weight is 242 g/mol. The Balaban J connectivity index is 2.01. The second-order valence-electron chi connectivity index (χ2n) is 5.58. The monoisotopic (exact) mass is 242 g/mol. The molecule has 1 saturated carbocycles. The summed E-state index contributed by atoms with van der Waals surface area (Å²) in [4.78, 5) is 11.8. The third kappa shape index (κ3) is 3.06. The fourth-order valence-electron chi connectivity index (χ4n) is 2.72. The highest BCUT2D eigenvalue weighted by atomic mass is 16.7. The molecule has 2 atom stereocenters. The molecule has 0 spiro atoms. The number of ether oxygens (including phenoxy) is 2. The first-order valence-electron chi connectivity index (χ1n) is 6.52. The highest BCUT2D eigenvalue weighted by molar-refractivity contribution is 5.85. The molecule has 0 aromatic rings. The van der Waals surface area contributed by atoms with Crippen LogP contribution in [0.25, 0.3) is 0 Å². The van der Waals surface area contributed by atoms with Crippen molar-refractivity contribution in [2.45, 2.75) is 63.9 Å². The minimum absolute atomic E-state index is 0.0431. The summed E-state index contributed by atoms with van der Waals surface area (Å²) in [7, 11) is 0. The van der Waals surface area contributed by atoms with Gasteiger partial charge in [0.25, 0.3) is 0 Å². The molecule has 0 unspecified atom stereocenters. The van der Waals surface area contributed by atoms with Gasteiger partial charge < -0.3 is 14.6 Å². The van der Waals surface area contributed by atoms with E-state index in [9.17, 15) is 9.90 Å². The zero-order valence-electron chi connectivity index (χ0n) is 10.6. The summed E-state index contributed by atoms with van der Waals surface area (Å²) in [6.45, 7) is 3.60. The summed E-state index contributed by atoms with van der Waals surface area (Å²) in [5.74, 6) is -0.706. The number of carbonyl (C=O) groups is 1. The van der Waals surface area contributed by atoms with Crippen LogP contribution in [0.1, 0.15) is 46.0 Å². The van der Waals surface area contributed by atoms with Crippen molar-refractivity contribution in [1.29, 1.82) is 0 Å². The Morgan fingerprint density at radius 3 is 2.59 bits per heavy atom. The second-order valence-corrected chi connectivity index (χ2v) is 5.58. The SMILES string of the molecule is CC1(C)OCC(=O)[C@H]([C@@H](O)C2CCCCC2)O1. The van der Waals surface area contributed by atoms with E-state index in [1.807, 2.05) is 0 Å².